The Morgan fingerprint density at radius 3 is 2.04 bits per heavy atom. The Balaban J connectivity index is 1.60. The molecule has 3 atom stereocenters. The second-order valence-corrected chi connectivity index (χ2v) is 8.81. The van der Waals surface area contributed by atoms with Crippen LogP contribution in [-0.4, -0.2) is 44.5 Å². The summed E-state index contributed by atoms with van der Waals surface area (Å²) < 4.78 is 0. The van der Waals surface area contributed by atoms with Crippen LogP contribution in [0.4, 0.5) is 0 Å². The molecule has 4 aliphatic carbocycles. The van der Waals surface area contributed by atoms with Crippen molar-refractivity contribution in [2.45, 2.75) is 50.2 Å². The molecule has 4 fully saturated rings. The van der Waals surface area contributed by atoms with Gasteiger partial charge in [-0.25, -0.2) is 4.79 Å². The number of rotatable bonds is 3. The van der Waals surface area contributed by atoms with Crippen molar-refractivity contribution in [3.63, 3.8) is 0 Å². The summed E-state index contributed by atoms with van der Waals surface area (Å²) in [7, 11) is 0. The molecule has 0 saturated heterocycles. The summed E-state index contributed by atoms with van der Waals surface area (Å²) in [6, 6.07) is 5.28. The fourth-order valence-corrected chi connectivity index (χ4v) is 6.69. The molecular weight excluding hydrogens is 334 g/mol. The Morgan fingerprint density at radius 2 is 1.58 bits per heavy atom. The van der Waals surface area contributed by atoms with Gasteiger partial charge in [-0.15, -0.1) is 0 Å². The van der Waals surface area contributed by atoms with Crippen molar-refractivity contribution >= 4 is 17.8 Å². The second kappa shape index (κ2) is 4.94. The van der Waals surface area contributed by atoms with Crippen LogP contribution in [0.3, 0.4) is 0 Å². The van der Waals surface area contributed by atoms with Gasteiger partial charge in [0.15, 0.2) is 0 Å². The van der Waals surface area contributed by atoms with E-state index in [2.05, 4.69) is 0 Å². The topological polar surface area (TPSA) is 94.9 Å². The molecule has 0 spiro atoms. The van der Waals surface area contributed by atoms with Crippen LogP contribution in [0, 0.1) is 17.3 Å². The van der Waals surface area contributed by atoms with Crippen molar-refractivity contribution in [2.75, 3.05) is 0 Å². The summed E-state index contributed by atoms with van der Waals surface area (Å²) in [6.07, 6.45) is 4.11. The van der Waals surface area contributed by atoms with E-state index in [1.165, 1.54) is 0 Å². The van der Waals surface area contributed by atoms with E-state index in [1.54, 1.807) is 24.3 Å². The lowest BCUT2D eigenvalue weighted by atomic mass is 9.46. The zero-order chi connectivity index (χ0) is 18.3. The molecule has 2 unspecified atom stereocenters. The number of nitrogens with zero attached hydrogens (tertiary/aromatic N) is 1. The summed E-state index contributed by atoms with van der Waals surface area (Å²) in [5.74, 6) is -1.65. The van der Waals surface area contributed by atoms with Gasteiger partial charge in [-0.2, -0.15) is 0 Å². The van der Waals surface area contributed by atoms with Crippen molar-refractivity contribution < 1.29 is 24.6 Å². The first-order valence-corrected chi connectivity index (χ1v) is 9.24. The summed E-state index contributed by atoms with van der Waals surface area (Å²) in [6.45, 7) is 0. The molecular formula is C20H21NO5. The molecule has 1 heterocycles. The molecule has 1 aromatic carbocycles. The van der Waals surface area contributed by atoms with Gasteiger partial charge in [-0.1, -0.05) is 12.1 Å². The van der Waals surface area contributed by atoms with Crippen LogP contribution in [0.2, 0.25) is 0 Å². The average molecular weight is 355 g/mol. The molecule has 5 aliphatic rings. The Bertz CT molecular complexity index is 797. The van der Waals surface area contributed by atoms with Crippen LogP contribution in [0.15, 0.2) is 24.3 Å². The quantitative estimate of drug-likeness (QED) is 0.810. The SMILES string of the molecule is O=C(O)[C@@H](N1C(=O)c2ccccc2C1=O)C12CC3CC(CC(O)(C3)C1)C2. The van der Waals surface area contributed by atoms with Crippen molar-refractivity contribution in [2.24, 2.45) is 17.3 Å². The minimum Gasteiger partial charge on any atom is -0.480 e. The minimum absolute atomic E-state index is 0.271. The van der Waals surface area contributed by atoms with E-state index in [-0.39, 0.29) is 23.0 Å². The number of amides is 2. The van der Waals surface area contributed by atoms with Crippen LogP contribution in [0.1, 0.15) is 59.2 Å². The van der Waals surface area contributed by atoms with Gasteiger partial charge in [-0.3, -0.25) is 14.5 Å². The Kier molecular flexibility index (Phi) is 3.04. The van der Waals surface area contributed by atoms with E-state index in [0.717, 1.165) is 11.3 Å². The first kappa shape index (κ1) is 16.0. The molecule has 4 saturated carbocycles. The largest absolute Gasteiger partial charge is 0.480 e. The lowest BCUT2D eigenvalue weighted by molar-refractivity contribution is -0.188. The molecule has 2 amide bonds. The predicted octanol–water partition coefficient (Wildman–Crippen LogP) is 2.07. The number of aliphatic carboxylic acids is 1. The molecule has 6 heteroatoms. The highest BCUT2D eigenvalue weighted by molar-refractivity contribution is 6.22. The van der Waals surface area contributed by atoms with Crippen LogP contribution >= 0.6 is 0 Å². The molecule has 136 valence electrons. The van der Waals surface area contributed by atoms with Gasteiger partial charge in [0.1, 0.15) is 6.04 Å². The predicted molar refractivity (Wildman–Crippen MR) is 90.4 cm³/mol. The number of carboxylic acid groups (broad SMARTS) is 1. The second-order valence-electron chi connectivity index (χ2n) is 8.81. The van der Waals surface area contributed by atoms with Crippen LogP contribution < -0.4 is 0 Å². The molecule has 0 aromatic heterocycles. The molecule has 1 aliphatic heterocycles. The molecule has 6 nitrogen and oxygen atoms in total. The number of hydrogen-bond acceptors (Lipinski definition) is 4. The van der Waals surface area contributed by atoms with E-state index >= 15 is 0 Å². The number of carbonyl (C=O) groups excluding carboxylic acids is 2. The normalized spacial score (nSPS) is 38.6. The van der Waals surface area contributed by atoms with Gasteiger partial charge in [0, 0.05) is 5.41 Å². The highest BCUT2D eigenvalue weighted by Crippen LogP contribution is 2.63. The van der Waals surface area contributed by atoms with E-state index < -0.39 is 34.8 Å². The Morgan fingerprint density at radius 1 is 1.04 bits per heavy atom. The van der Waals surface area contributed by atoms with E-state index in [4.69, 9.17) is 0 Å². The fourth-order valence-electron chi connectivity index (χ4n) is 6.69. The van der Waals surface area contributed by atoms with E-state index in [9.17, 15) is 24.6 Å². The fraction of sp³-hybridized carbons (Fsp3) is 0.550. The third-order valence-electron chi connectivity index (χ3n) is 6.97. The van der Waals surface area contributed by atoms with Gasteiger partial charge in [-0.05, 0) is 62.5 Å². The van der Waals surface area contributed by atoms with Crippen LogP contribution in [0.25, 0.3) is 0 Å². The van der Waals surface area contributed by atoms with Gasteiger partial charge in [0.25, 0.3) is 11.8 Å². The summed E-state index contributed by atoms with van der Waals surface area (Å²) in [5.41, 5.74) is -1.03. The first-order chi connectivity index (χ1) is 12.3. The third-order valence-corrected chi connectivity index (χ3v) is 6.97. The lowest BCUT2D eigenvalue weighted by Crippen LogP contribution is -2.65. The number of fused-ring (bicyclic) bond motifs is 1. The summed E-state index contributed by atoms with van der Waals surface area (Å²) in [5, 5.41) is 21.0. The first-order valence-electron chi connectivity index (χ1n) is 9.24. The number of benzene rings is 1. The molecule has 0 radical (unpaired) electrons. The number of carbonyl (C=O) groups is 3. The van der Waals surface area contributed by atoms with Crippen molar-refractivity contribution in [1.29, 1.82) is 0 Å². The molecule has 26 heavy (non-hydrogen) atoms. The molecule has 1 aromatic rings. The van der Waals surface area contributed by atoms with E-state index in [0.29, 0.717) is 32.1 Å². The summed E-state index contributed by atoms with van der Waals surface area (Å²) in [4.78, 5) is 39.1. The van der Waals surface area contributed by atoms with Crippen LogP contribution in [0.5, 0.6) is 0 Å². The molecule has 2 N–H and O–H groups in total. The van der Waals surface area contributed by atoms with Crippen molar-refractivity contribution in [3.05, 3.63) is 35.4 Å². The number of hydrogen-bond donors (Lipinski definition) is 2. The minimum atomic E-state index is -1.22. The number of aliphatic hydroxyl groups is 1. The van der Waals surface area contributed by atoms with Gasteiger partial charge < -0.3 is 10.2 Å². The van der Waals surface area contributed by atoms with Gasteiger partial charge >= 0.3 is 5.97 Å². The third kappa shape index (κ3) is 1.99. The smallest absolute Gasteiger partial charge is 0.327 e. The molecule has 6 rings (SSSR count). The number of imide groups is 1. The number of carboxylic acids is 1. The van der Waals surface area contributed by atoms with Crippen LogP contribution in [-0.2, 0) is 4.79 Å². The van der Waals surface area contributed by atoms with Crippen molar-refractivity contribution in [3.8, 4) is 0 Å². The standard InChI is InChI=1S/C20H21NO5/c22-16-13-3-1-2-4-14(13)17(23)21(16)15(18(24)25)19-6-11-5-12(7-19)9-20(26,8-11)10-19/h1-4,11-12,15,26H,5-10H2,(H,24,25)/t11?,12?,15-,19?,20?/m1/s1. The zero-order valence-corrected chi connectivity index (χ0v) is 14.4. The van der Waals surface area contributed by atoms with Crippen molar-refractivity contribution in [1.82, 2.24) is 4.90 Å². The van der Waals surface area contributed by atoms with Gasteiger partial charge in [0.05, 0.1) is 16.7 Å². The molecule has 4 bridgehead atoms. The maximum Gasteiger partial charge on any atom is 0.327 e. The summed E-state index contributed by atoms with van der Waals surface area (Å²) >= 11 is 0. The highest BCUT2D eigenvalue weighted by atomic mass is 16.4. The monoisotopic (exact) mass is 355 g/mol. The average Bonchev–Trinajstić information content (AvgIpc) is 2.78. The Labute approximate surface area is 150 Å². The lowest BCUT2D eigenvalue weighted by Gasteiger charge is -2.62. The maximum absolute atomic E-state index is 12.9. The van der Waals surface area contributed by atoms with E-state index in [1.807, 2.05) is 0 Å². The maximum atomic E-state index is 12.9. The zero-order valence-electron chi connectivity index (χ0n) is 14.4. The highest BCUT2D eigenvalue weighted by Gasteiger charge is 2.64. The Hall–Kier alpha value is -2.21. The van der Waals surface area contributed by atoms with Gasteiger partial charge in [0.2, 0.25) is 0 Å².